The van der Waals surface area contributed by atoms with Crippen molar-refractivity contribution in [3.05, 3.63) is 57.5 Å². The van der Waals surface area contributed by atoms with Gasteiger partial charge in [-0.3, -0.25) is 9.59 Å². The lowest BCUT2D eigenvalue weighted by Crippen LogP contribution is -2.34. The van der Waals surface area contributed by atoms with Gasteiger partial charge in [-0.15, -0.1) is 0 Å². The number of fused-ring (bicyclic) bond motifs is 1. The minimum absolute atomic E-state index is 0.270. The molecule has 2 aromatic rings. The van der Waals surface area contributed by atoms with Crippen LogP contribution in [0.15, 0.2) is 35.1 Å². The molecule has 1 aliphatic rings. The summed E-state index contributed by atoms with van der Waals surface area (Å²) in [5, 5.41) is 7.13. The molecular weight excluding hydrogens is 358 g/mol. The second kappa shape index (κ2) is 8.82. The van der Waals surface area contributed by atoms with Gasteiger partial charge in [-0.05, 0) is 62.4 Å². The molecule has 28 heavy (non-hydrogen) atoms. The quantitative estimate of drug-likeness (QED) is 0.586. The van der Waals surface area contributed by atoms with E-state index < -0.39 is 6.04 Å². The molecule has 1 N–H and O–H groups in total. The molecule has 1 aromatic carbocycles. The Morgan fingerprint density at radius 1 is 1.25 bits per heavy atom. The molecule has 0 saturated carbocycles. The number of hydrogen-bond donors (Lipinski definition) is 1. The summed E-state index contributed by atoms with van der Waals surface area (Å²) >= 11 is 0. The van der Waals surface area contributed by atoms with E-state index in [2.05, 4.69) is 10.4 Å². The summed E-state index contributed by atoms with van der Waals surface area (Å²) in [5.41, 5.74) is 2.57. The fourth-order valence-electron chi connectivity index (χ4n) is 3.13. The number of unbranched alkanes of at least 4 members (excludes halogenated alkanes) is 1. The van der Waals surface area contributed by atoms with Crippen LogP contribution >= 0.6 is 0 Å². The smallest absolute Gasteiger partial charge is 0.338 e. The Kier molecular flexibility index (Phi) is 6.23. The number of nitrogens with one attached hydrogen (secondary N) is 1. The van der Waals surface area contributed by atoms with Gasteiger partial charge in [-0.1, -0.05) is 13.3 Å². The van der Waals surface area contributed by atoms with Crippen molar-refractivity contribution < 1.29 is 14.3 Å². The molecule has 0 radical (unpaired) electrons. The highest BCUT2D eigenvalue weighted by Gasteiger charge is 2.21. The van der Waals surface area contributed by atoms with Gasteiger partial charge >= 0.3 is 5.97 Å². The summed E-state index contributed by atoms with van der Waals surface area (Å²) in [7, 11) is 0. The Balaban J connectivity index is 1.64. The van der Waals surface area contributed by atoms with Crippen molar-refractivity contribution in [3.63, 3.8) is 0 Å². The number of aromatic nitrogens is 2. The maximum absolute atomic E-state index is 12.6. The summed E-state index contributed by atoms with van der Waals surface area (Å²) in [6.45, 7) is 4.07. The van der Waals surface area contributed by atoms with Crippen LogP contribution in [-0.4, -0.2) is 28.3 Å². The summed E-state index contributed by atoms with van der Waals surface area (Å²) in [4.78, 5) is 36.8. The van der Waals surface area contributed by atoms with Crippen LogP contribution < -0.4 is 10.9 Å². The second-order valence-corrected chi connectivity index (χ2v) is 6.98. The van der Waals surface area contributed by atoms with Crippen molar-refractivity contribution in [2.24, 2.45) is 0 Å². The first kappa shape index (κ1) is 19.8. The molecule has 1 heterocycles. The van der Waals surface area contributed by atoms with E-state index in [1.54, 1.807) is 37.3 Å². The molecule has 1 amide bonds. The van der Waals surface area contributed by atoms with Gasteiger partial charge in [-0.2, -0.15) is 5.10 Å². The van der Waals surface area contributed by atoms with Crippen LogP contribution in [0.2, 0.25) is 0 Å². The van der Waals surface area contributed by atoms with Crippen LogP contribution in [0.4, 0.5) is 5.69 Å². The lowest BCUT2D eigenvalue weighted by atomic mass is 10.2. The van der Waals surface area contributed by atoms with E-state index in [0.717, 1.165) is 43.4 Å². The van der Waals surface area contributed by atoms with E-state index in [1.165, 1.54) is 4.68 Å². The van der Waals surface area contributed by atoms with Crippen LogP contribution in [-0.2, 0) is 22.4 Å². The average molecular weight is 383 g/mol. The predicted molar refractivity (Wildman–Crippen MR) is 105 cm³/mol. The number of hydrogen-bond acceptors (Lipinski definition) is 5. The topological polar surface area (TPSA) is 90.3 Å². The molecule has 1 aromatic heterocycles. The minimum Gasteiger partial charge on any atom is -0.462 e. The zero-order chi connectivity index (χ0) is 20.1. The van der Waals surface area contributed by atoms with E-state index in [-0.39, 0.29) is 17.4 Å². The SMILES string of the molecule is CCCCOC(=O)c1ccc(NC(=O)C(C)n2nc3c(cc2=O)CCC3)cc1. The largest absolute Gasteiger partial charge is 0.462 e. The third-order valence-corrected chi connectivity index (χ3v) is 4.85. The molecule has 3 rings (SSSR count). The van der Waals surface area contributed by atoms with Gasteiger partial charge < -0.3 is 10.1 Å². The number of rotatable bonds is 7. The van der Waals surface area contributed by atoms with Crippen molar-refractivity contribution >= 4 is 17.6 Å². The predicted octanol–water partition coefficient (Wildman–Crippen LogP) is 2.89. The average Bonchev–Trinajstić information content (AvgIpc) is 3.14. The second-order valence-electron chi connectivity index (χ2n) is 6.98. The molecule has 1 unspecified atom stereocenters. The van der Waals surface area contributed by atoms with E-state index >= 15 is 0 Å². The van der Waals surface area contributed by atoms with Gasteiger partial charge in [0.15, 0.2) is 0 Å². The third-order valence-electron chi connectivity index (χ3n) is 4.85. The lowest BCUT2D eigenvalue weighted by molar-refractivity contribution is -0.119. The van der Waals surface area contributed by atoms with Gasteiger partial charge in [0.1, 0.15) is 6.04 Å². The van der Waals surface area contributed by atoms with Gasteiger partial charge in [-0.25, -0.2) is 9.48 Å². The van der Waals surface area contributed by atoms with Crippen molar-refractivity contribution in [2.45, 2.75) is 52.0 Å². The number of carbonyl (C=O) groups is 2. The molecule has 0 aliphatic heterocycles. The van der Waals surface area contributed by atoms with E-state index in [1.807, 2.05) is 6.92 Å². The first-order chi connectivity index (χ1) is 13.5. The van der Waals surface area contributed by atoms with E-state index in [0.29, 0.717) is 17.9 Å². The zero-order valence-corrected chi connectivity index (χ0v) is 16.2. The van der Waals surface area contributed by atoms with Crippen molar-refractivity contribution in [1.29, 1.82) is 0 Å². The Morgan fingerprint density at radius 3 is 2.71 bits per heavy atom. The molecule has 0 bridgehead atoms. The molecular formula is C21H25N3O4. The Labute approximate surface area is 163 Å². The lowest BCUT2D eigenvalue weighted by Gasteiger charge is -2.15. The van der Waals surface area contributed by atoms with E-state index in [4.69, 9.17) is 4.74 Å². The van der Waals surface area contributed by atoms with Crippen molar-refractivity contribution in [3.8, 4) is 0 Å². The zero-order valence-electron chi connectivity index (χ0n) is 16.2. The number of esters is 1. The Morgan fingerprint density at radius 2 is 2.00 bits per heavy atom. The number of ether oxygens (including phenoxy) is 1. The summed E-state index contributed by atoms with van der Waals surface area (Å²) in [5.74, 6) is -0.723. The van der Waals surface area contributed by atoms with Crippen LogP contribution in [0.5, 0.6) is 0 Å². The maximum Gasteiger partial charge on any atom is 0.338 e. The van der Waals surface area contributed by atoms with Gasteiger partial charge in [0, 0.05) is 11.8 Å². The highest BCUT2D eigenvalue weighted by molar-refractivity contribution is 5.94. The molecule has 0 spiro atoms. The van der Waals surface area contributed by atoms with Crippen molar-refractivity contribution in [2.75, 3.05) is 11.9 Å². The number of anilines is 1. The molecule has 0 saturated heterocycles. The van der Waals surface area contributed by atoms with Crippen LogP contribution in [0, 0.1) is 0 Å². The van der Waals surface area contributed by atoms with Crippen LogP contribution in [0.1, 0.15) is 60.8 Å². The number of benzene rings is 1. The van der Waals surface area contributed by atoms with Gasteiger partial charge in [0.05, 0.1) is 17.9 Å². The summed E-state index contributed by atoms with van der Waals surface area (Å²) < 4.78 is 6.40. The Hall–Kier alpha value is -2.96. The number of nitrogens with zero attached hydrogens (tertiary/aromatic N) is 2. The molecule has 1 atom stereocenters. The number of amides is 1. The first-order valence-electron chi connectivity index (χ1n) is 9.69. The van der Waals surface area contributed by atoms with Crippen LogP contribution in [0.3, 0.4) is 0 Å². The van der Waals surface area contributed by atoms with Crippen molar-refractivity contribution in [1.82, 2.24) is 9.78 Å². The molecule has 7 nitrogen and oxygen atoms in total. The normalized spacial score (nSPS) is 13.6. The molecule has 7 heteroatoms. The summed E-state index contributed by atoms with van der Waals surface area (Å²) in [6, 6.07) is 7.33. The third kappa shape index (κ3) is 4.47. The molecule has 0 fully saturated rings. The monoisotopic (exact) mass is 383 g/mol. The number of aryl methyl sites for hydroxylation is 2. The number of carbonyl (C=O) groups excluding carboxylic acids is 2. The minimum atomic E-state index is -0.739. The first-order valence-corrected chi connectivity index (χ1v) is 9.69. The Bertz CT molecular complexity index is 918. The molecule has 1 aliphatic carbocycles. The highest BCUT2D eigenvalue weighted by Crippen LogP contribution is 2.18. The summed E-state index contributed by atoms with van der Waals surface area (Å²) in [6.07, 6.45) is 4.47. The molecule has 148 valence electrons. The maximum atomic E-state index is 12.6. The van der Waals surface area contributed by atoms with Crippen LogP contribution in [0.25, 0.3) is 0 Å². The van der Waals surface area contributed by atoms with E-state index in [9.17, 15) is 14.4 Å². The highest BCUT2D eigenvalue weighted by atomic mass is 16.5. The fourth-order valence-corrected chi connectivity index (χ4v) is 3.13. The fraction of sp³-hybridized carbons (Fsp3) is 0.429. The van der Waals surface area contributed by atoms with Gasteiger partial charge in [0.2, 0.25) is 5.91 Å². The van der Waals surface area contributed by atoms with Gasteiger partial charge in [0.25, 0.3) is 5.56 Å². The standard InChI is InChI=1S/C21H25N3O4/c1-3-4-12-28-21(27)15-8-10-17(11-9-15)22-20(26)14(2)24-19(25)13-16-6-5-7-18(16)23-24/h8-11,13-14H,3-7,12H2,1-2H3,(H,22,26).